The smallest absolute Gasteiger partial charge is 0.337 e. The minimum atomic E-state index is -1.02. The van der Waals surface area contributed by atoms with E-state index in [4.69, 9.17) is 15.0 Å². The van der Waals surface area contributed by atoms with Gasteiger partial charge >= 0.3 is 5.97 Å². The molecule has 0 saturated carbocycles. The Labute approximate surface area is 300 Å². The second-order valence-corrected chi connectivity index (χ2v) is 12.4. The molecule has 8 rings (SSSR count). The zero-order valence-corrected chi connectivity index (χ0v) is 28.3. The third-order valence-corrected chi connectivity index (χ3v) is 9.41. The van der Waals surface area contributed by atoms with Gasteiger partial charge in [-0.25, -0.2) is 9.48 Å². The Hall–Kier alpha value is -6.87. The van der Waals surface area contributed by atoms with Crippen LogP contribution in [0.25, 0.3) is 33.5 Å². The minimum Gasteiger partial charge on any atom is -0.478 e. The SMILES string of the molecule is CCOc1nc2c(Cc3ccc(-c4ccccc4-c4nnnn4C(c4ccccc4)(c4ccccc4)c4ccccc4)cc3)ccc(C(=O)O)c2[nH]1. The molecule has 0 unspecified atom stereocenters. The van der Waals surface area contributed by atoms with Gasteiger partial charge in [0, 0.05) is 5.56 Å². The molecule has 0 atom stereocenters. The second-order valence-electron chi connectivity index (χ2n) is 12.4. The molecule has 2 heterocycles. The third kappa shape index (κ3) is 5.68. The molecule has 254 valence electrons. The number of H-pyrrole nitrogens is 1. The lowest BCUT2D eigenvalue weighted by Crippen LogP contribution is -2.39. The summed E-state index contributed by atoms with van der Waals surface area (Å²) in [5.41, 5.74) is 8.21. The van der Waals surface area contributed by atoms with E-state index in [1.165, 1.54) is 0 Å². The number of carbonyl (C=O) groups is 1. The predicted molar refractivity (Wildman–Crippen MR) is 200 cm³/mol. The number of nitrogens with zero attached hydrogens (tertiary/aromatic N) is 5. The van der Waals surface area contributed by atoms with Crippen molar-refractivity contribution in [3.05, 3.63) is 185 Å². The maximum atomic E-state index is 11.9. The highest BCUT2D eigenvalue weighted by atomic mass is 16.5. The molecule has 0 aliphatic rings. The summed E-state index contributed by atoms with van der Waals surface area (Å²) < 4.78 is 7.52. The van der Waals surface area contributed by atoms with Crippen LogP contribution in [-0.2, 0) is 12.0 Å². The van der Waals surface area contributed by atoms with Gasteiger partial charge < -0.3 is 14.8 Å². The normalized spacial score (nSPS) is 11.5. The molecule has 0 aliphatic carbocycles. The van der Waals surface area contributed by atoms with E-state index in [0.29, 0.717) is 35.9 Å². The quantitative estimate of drug-likeness (QED) is 0.132. The molecule has 6 aromatic carbocycles. The van der Waals surface area contributed by atoms with Crippen LogP contribution in [0.2, 0.25) is 0 Å². The summed E-state index contributed by atoms with van der Waals surface area (Å²) in [7, 11) is 0. The highest BCUT2D eigenvalue weighted by Crippen LogP contribution is 2.43. The lowest BCUT2D eigenvalue weighted by Gasteiger charge is -2.36. The Balaban J connectivity index is 1.22. The topological polar surface area (TPSA) is 119 Å². The Morgan fingerprint density at radius 3 is 1.88 bits per heavy atom. The van der Waals surface area contributed by atoms with Crippen molar-refractivity contribution in [3.8, 4) is 28.5 Å². The number of carboxylic acids is 1. The minimum absolute atomic E-state index is 0.155. The van der Waals surface area contributed by atoms with E-state index in [0.717, 1.165) is 44.5 Å². The highest BCUT2D eigenvalue weighted by molar-refractivity contribution is 6.02. The molecule has 0 bridgehead atoms. The van der Waals surface area contributed by atoms with Gasteiger partial charge in [0.25, 0.3) is 6.01 Å². The molecule has 9 nitrogen and oxygen atoms in total. The third-order valence-electron chi connectivity index (χ3n) is 9.41. The molecule has 2 N–H and O–H groups in total. The van der Waals surface area contributed by atoms with Gasteiger partial charge in [-0.3, -0.25) is 0 Å². The van der Waals surface area contributed by atoms with Crippen LogP contribution in [0.4, 0.5) is 0 Å². The van der Waals surface area contributed by atoms with Crippen molar-refractivity contribution in [2.24, 2.45) is 0 Å². The maximum Gasteiger partial charge on any atom is 0.337 e. The number of aromatic nitrogens is 6. The summed E-state index contributed by atoms with van der Waals surface area (Å²) in [4.78, 5) is 19.5. The number of fused-ring (bicyclic) bond motifs is 1. The Morgan fingerprint density at radius 2 is 1.31 bits per heavy atom. The van der Waals surface area contributed by atoms with Gasteiger partial charge in [0.05, 0.1) is 23.2 Å². The number of tetrazole rings is 1. The number of imidazole rings is 1. The van der Waals surface area contributed by atoms with Crippen LogP contribution < -0.4 is 4.74 Å². The fourth-order valence-corrected chi connectivity index (χ4v) is 7.09. The van der Waals surface area contributed by atoms with Crippen LogP contribution in [0.1, 0.15) is 45.1 Å². The van der Waals surface area contributed by atoms with Crippen molar-refractivity contribution >= 4 is 17.0 Å². The van der Waals surface area contributed by atoms with Gasteiger partial charge in [-0.05, 0) is 68.8 Å². The summed E-state index contributed by atoms with van der Waals surface area (Å²) >= 11 is 0. The molecule has 0 aliphatic heterocycles. The van der Waals surface area contributed by atoms with E-state index in [1.807, 2.05) is 84.4 Å². The number of aromatic carboxylic acids is 1. The van der Waals surface area contributed by atoms with Crippen LogP contribution in [0.3, 0.4) is 0 Å². The zero-order valence-electron chi connectivity index (χ0n) is 28.3. The number of hydrogen-bond acceptors (Lipinski definition) is 6. The summed E-state index contributed by atoms with van der Waals surface area (Å²) in [6.07, 6.45) is 0.556. The van der Waals surface area contributed by atoms with Gasteiger partial charge in [0.15, 0.2) is 5.82 Å². The van der Waals surface area contributed by atoms with Crippen LogP contribution in [-0.4, -0.2) is 47.9 Å². The number of benzene rings is 6. The van der Waals surface area contributed by atoms with Gasteiger partial charge in [0.2, 0.25) is 0 Å². The number of carboxylic acid groups (broad SMARTS) is 1. The molecule has 9 heteroatoms. The molecule has 0 saturated heterocycles. The molecule has 0 fully saturated rings. The monoisotopic (exact) mass is 682 g/mol. The Bertz CT molecular complexity index is 2380. The number of nitrogens with one attached hydrogen (secondary N) is 1. The van der Waals surface area contributed by atoms with Crippen LogP contribution >= 0.6 is 0 Å². The van der Waals surface area contributed by atoms with Crippen molar-refractivity contribution in [2.75, 3.05) is 6.61 Å². The van der Waals surface area contributed by atoms with Crippen molar-refractivity contribution in [1.82, 2.24) is 30.2 Å². The van der Waals surface area contributed by atoms with Gasteiger partial charge in [-0.1, -0.05) is 146 Å². The van der Waals surface area contributed by atoms with E-state index < -0.39 is 11.5 Å². The van der Waals surface area contributed by atoms with E-state index in [1.54, 1.807) is 6.07 Å². The number of rotatable bonds is 11. The van der Waals surface area contributed by atoms with Gasteiger partial charge in [-0.15, -0.1) is 5.10 Å². The summed E-state index contributed by atoms with van der Waals surface area (Å²) in [6.45, 7) is 2.27. The molecule has 52 heavy (non-hydrogen) atoms. The van der Waals surface area contributed by atoms with E-state index in [2.05, 4.69) is 88.0 Å². The first kappa shape index (κ1) is 32.3. The fourth-order valence-electron chi connectivity index (χ4n) is 7.09. The molecule has 2 aromatic heterocycles. The van der Waals surface area contributed by atoms with Crippen LogP contribution in [0, 0.1) is 0 Å². The van der Waals surface area contributed by atoms with Gasteiger partial charge in [-0.2, -0.15) is 4.98 Å². The molecule has 0 radical (unpaired) electrons. The lowest BCUT2D eigenvalue weighted by molar-refractivity contribution is 0.0699. The number of hydrogen-bond donors (Lipinski definition) is 2. The first-order valence-corrected chi connectivity index (χ1v) is 17.1. The molecule has 8 aromatic rings. The lowest BCUT2D eigenvalue weighted by atomic mass is 9.77. The summed E-state index contributed by atoms with van der Waals surface area (Å²) in [5.74, 6) is -0.397. The van der Waals surface area contributed by atoms with Crippen LogP contribution in [0.5, 0.6) is 6.01 Å². The van der Waals surface area contributed by atoms with Crippen molar-refractivity contribution in [3.63, 3.8) is 0 Å². The van der Waals surface area contributed by atoms with E-state index >= 15 is 0 Å². The van der Waals surface area contributed by atoms with Crippen LogP contribution in [0.15, 0.2) is 152 Å². The number of aromatic amines is 1. The molecule has 0 amide bonds. The van der Waals surface area contributed by atoms with Crippen molar-refractivity contribution in [1.29, 1.82) is 0 Å². The Kier molecular flexibility index (Phi) is 8.58. The highest BCUT2D eigenvalue weighted by Gasteiger charge is 2.42. The van der Waals surface area contributed by atoms with Crippen molar-refractivity contribution in [2.45, 2.75) is 18.9 Å². The molecular formula is C43H34N6O3. The number of ether oxygens (including phenoxy) is 1. The largest absolute Gasteiger partial charge is 0.478 e. The van der Waals surface area contributed by atoms with E-state index in [9.17, 15) is 9.90 Å². The fraction of sp³-hybridized carbons (Fsp3) is 0.0930. The first-order chi connectivity index (χ1) is 25.6. The maximum absolute atomic E-state index is 11.9. The average molecular weight is 683 g/mol. The molecular weight excluding hydrogens is 649 g/mol. The summed E-state index contributed by atoms with van der Waals surface area (Å²) in [6, 6.07) is 51.4. The summed E-state index contributed by atoms with van der Waals surface area (Å²) in [5, 5.41) is 23.5. The zero-order chi connectivity index (χ0) is 35.5. The standard InChI is InChI=1S/C43H34N6O3/c1-2-52-42-44-38-31(26-27-37(41(50)51)39(38)45-42)28-29-22-24-30(25-23-29)35-20-12-13-21-36(35)40-46-47-48-49(40)43(32-14-6-3-7-15-32,33-16-8-4-9-17-33)34-18-10-5-11-19-34/h3-27H,2,28H2,1H3,(H,44,45)(H,50,51). The second kappa shape index (κ2) is 13.8. The average Bonchev–Trinajstić information content (AvgIpc) is 3.86. The van der Waals surface area contributed by atoms with Gasteiger partial charge in [0.1, 0.15) is 5.54 Å². The predicted octanol–water partition coefficient (Wildman–Crippen LogP) is 8.41. The van der Waals surface area contributed by atoms with Crippen molar-refractivity contribution < 1.29 is 14.6 Å². The van der Waals surface area contributed by atoms with E-state index in [-0.39, 0.29) is 5.56 Å². The first-order valence-electron chi connectivity index (χ1n) is 17.1. The molecule has 0 spiro atoms. The Morgan fingerprint density at radius 1 is 0.731 bits per heavy atom.